The molecule has 0 atom stereocenters. The molecule has 0 fully saturated rings. The SMILES string of the molecule is Cc1cc(C(C)(c2ccc(O)cc2)c2ccc(O)cc2)cc(-n2nc3ccc(Cl)cc3n2)c1O. The van der Waals surface area contributed by atoms with E-state index >= 15 is 0 Å². The van der Waals surface area contributed by atoms with Crippen molar-refractivity contribution in [1.29, 1.82) is 0 Å². The average Bonchev–Trinajstić information content (AvgIpc) is 3.24. The van der Waals surface area contributed by atoms with Crippen molar-refractivity contribution in [2.45, 2.75) is 19.3 Å². The molecule has 5 aromatic rings. The minimum atomic E-state index is -0.676. The highest BCUT2D eigenvalue weighted by atomic mass is 35.5. The van der Waals surface area contributed by atoms with E-state index in [0.29, 0.717) is 27.3 Å². The van der Waals surface area contributed by atoms with Gasteiger partial charge < -0.3 is 15.3 Å². The van der Waals surface area contributed by atoms with Gasteiger partial charge in [-0.05, 0) is 84.6 Å². The van der Waals surface area contributed by atoms with Crippen LogP contribution >= 0.6 is 11.6 Å². The first-order valence-corrected chi connectivity index (χ1v) is 11.1. The lowest BCUT2D eigenvalue weighted by atomic mass is 9.70. The number of nitrogens with zero attached hydrogens (tertiary/aromatic N) is 3. The molecule has 0 saturated heterocycles. The Balaban J connectivity index is 1.75. The number of phenols is 3. The molecule has 0 saturated carbocycles. The van der Waals surface area contributed by atoms with Crippen LogP contribution in [0.15, 0.2) is 78.9 Å². The van der Waals surface area contributed by atoms with E-state index in [0.717, 1.165) is 16.7 Å². The van der Waals surface area contributed by atoms with E-state index in [-0.39, 0.29) is 17.2 Å². The van der Waals surface area contributed by atoms with Gasteiger partial charge in [-0.2, -0.15) is 0 Å². The zero-order valence-corrected chi connectivity index (χ0v) is 19.3. The lowest BCUT2D eigenvalue weighted by molar-refractivity contribution is 0.462. The Hall–Kier alpha value is -4.03. The maximum Gasteiger partial charge on any atom is 0.146 e. The number of rotatable bonds is 4. The van der Waals surface area contributed by atoms with Gasteiger partial charge in [0.2, 0.25) is 0 Å². The molecule has 170 valence electrons. The van der Waals surface area contributed by atoms with E-state index in [1.165, 1.54) is 4.80 Å². The number of aryl methyl sites for hydroxylation is 1. The minimum Gasteiger partial charge on any atom is -0.508 e. The van der Waals surface area contributed by atoms with E-state index in [4.69, 9.17) is 11.6 Å². The molecule has 1 heterocycles. The molecule has 0 aliphatic carbocycles. The van der Waals surface area contributed by atoms with Crippen molar-refractivity contribution in [3.05, 3.63) is 106 Å². The highest BCUT2D eigenvalue weighted by molar-refractivity contribution is 6.31. The molecule has 0 amide bonds. The molecule has 0 spiro atoms. The molecule has 0 unspecified atom stereocenters. The summed E-state index contributed by atoms with van der Waals surface area (Å²) < 4.78 is 0. The molecule has 3 N–H and O–H groups in total. The van der Waals surface area contributed by atoms with Crippen LogP contribution in [-0.4, -0.2) is 30.3 Å². The maximum atomic E-state index is 10.9. The number of hydrogen-bond acceptors (Lipinski definition) is 5. The molecular weight excluding hydrogens is 450 g/mol. The van der Waals surface area contributed by atoms with Gasteiger partial charge in [0.25, 0.3) is 0 Å². The van der Waals surface area contributed by atoms with E-state index in [1.807, 2.05) is 43.3 Å². The van der Waals surface area contributed by atoms with Gasteiger partial charge in [0.1, 0.15) is 34.0 Å². The van der Waals surface area contributed by atoms with E-state index < -0.39 is 5.41 Å². The summed E-state index contributed by atoms with van der Waals surface area (Å²) in [6.07, 6.45) is 0. The molecule has 34 heavy (non-hydrogen) atoms. The number of aromatic nitrogens is 3. The Morgan fingerprint density at radius 1 is 0.706 bits per heavy atom. The monoisotopic (exact) mass is 471 g/mol. The first kappa shape index (κ1) is 21.8. The molecule has 0 aliphatic rings. The molecule has 0 radical (unpaired) electrons. The largest absolute Gasteiger partial charge is 0.508 e. The predicted molar refractivity (Wildman–Crippen MR) is 132 cm³/mol. The highest BCUT2D eigenvalue weighted by Gasteiger charge is 2.33. The van der Waals surface area contributed by atoms with Crippen LogP contribution in [0.25, 0.3) is 16.7 Å². The molecule has 7 heteroatoms. The number of hydrogen-bond donors (Lipinski definition) is 3. The van der Waals surface area contributed by atoms with Gasteiger partial charge in [-0.15, -0.1) is 15.0 Å². The third-order valence-corrected chi connectivity index (χ3v) is 6.54. The average molecular weight is 472 g/mol. The zero-order valence-electron chi connectivity index (χ0n) is 18.6. The fraction of sp³-hybridized carbons (Fsp3) is 0.111. The number of phenolic OH excluding ortho intramolecular Hbond substituents is 3. The van der Waals surface area contributed by atoms with Crippen molar-refractivity contribution in [2.75, 3.05) is 0 Å². The van der Waals surface area contributed by atoms with Gasteiger partial charge >= 0.3 is 0 Å². The smallest absolute Gasteiger partial charge is 0.146 e. The lowest BCUT2D eigenvalue weighted by Crippen LogP contribution is -2.26. The standard InChI is InChI=1S/C27H22ClN3O3/c1-16-13-19(14-25(26(16)34)31-29-23-12-7-20(28)15-24(23)30-31)27(2,17-3-8-21(32)9-4-17)18-5-10-22(33)11-6-18/h3-15,32-34H,1-2H3. The topological polar surface area (TPSA) is 91.4 Å². The Morgan fingerprint density at radius 2 is 1.26 bits per heavy atom. The summed E-state index contributed by atoms with van der Waals surface area (Å²) in [7, 11) is 0. The van der Waals surface area contributed by atoms with Gasteiger partial charge in [-0.25, -0.2) is 0 Å². The summed E-state index contributed by atoms with van der Waals surface area (Å²) in [5.41, 5.74) is 4.44. The van der Waals surface area contributed by atoms with Crippen LogP contribution in [0.4, 0.5) is 0 Å². The molecule has 6 nitrogen and oxygen atoms in total. The van der Waals surface area contributed by atoms with Crippen LogP contribution in [0.3, 0.4) is 0 Å². The maximum absolute atomic E-state index is 10.9. The Kier molecular flexibility index (Phi) is 5.18. The second-order valence-electron chi connectivity index (χ2n) is 8.50. The lowest BCUT2D eigenvalue weighted by Gasteiger charge is -2.33. The molecule has 0 aliphatic heterocycles. The molecule has 5 rings (SSSR count). The van der Waals surface area contributed by atoms with Crippen LogP contribution in [0.1, 0.15) is 29.2 Å². The predicted octanol–water partition coefficient (Wildman–Crippen LogP) is 5.85. The molecule has 1 aromatic heterocycles. The summed E-state index contributed by atoms with van der Waals surface area (Å²) >= 11 is 6.11. The van der Waals surface area contributed by atoms with Crippen molar-refractivity contribution in [2.24, 2.45) is 0 Å². The second kappa shape index (κ2) is 8.08. The van der Waals surface area contributed by atoms with Crippen molar-refractivity contribution in [3.8, 4) is 22.9 Å². The summed E-state index contributed by atoms with van der Waals surface area (Å²) in [6.45, 7) is 3.89. The Labute approximate surface area is 201 Å². The van der Waals surface area contributed by atoms with Crippen LogP contribution in [0.2, 0.25) is 5.02 Å². The van der Waals surface area contributed by atoms with Gasteiger partial charge in [0.15, 0.2) is 0 Å². The fourth-order valence-electron chi connectivity index (χ4n) is 4.29. The number of aromatic hydroxyl groups is 3. The first-order chi connectivity index (χ1) is 16.3. The summed E-state index contributed by atoms with van der Waals surface area (Å²) in [5, 5.41) is 40.3. The third-order valence-electron chi connectivity index (χ3n) is 6.30. The van der Waals surface area contributed by atoms with Crippen molar-refractivity contribution in [1.82, 2.24) is 15.0 Å². The normalized spacial score (nSPS) is 11.7. The molecular formula is C27H22ClN3O3. The van der Waals surface area contributed by atoms with Crippen LogP contribution in [-0.2, 0) is 5.41 Å². The Morgan fingerprint density at radius 3 is 1.85 bits per heavy atom. The zero-order chi connectivity index (χ0) is 24.0. The number of benzene rings is 4. The van der Waals surface area contributed by atoms with Crippen molar-refractivity contribution < 1.29 is 15.3 Å². The molecule has 4 aromatic carbocycles. The van der Waals surface area contributed by atoms with Crippen molar-refractivity contribution >= 4 is 22.6 Å². The van der Waals surface area contributed by atoms with E-state index in [9.17, 15) is 15.3 Å². The third kappa shape index (κ3) is 3.62. The van der Waals surface area contributed by atoms with E-state index in [2.05, 4.69) is 17.1 Å². The second-order valence-corrected chi connectivity index (χ2v) is 8.94. The van der Waals surface area contributed by atoms with E-state index in [1.54, 1.807) is 42.5 Å². The van der Waals surface area contributed by atoms with Crippen LogP contribution in [0, 0.1) is 6.92 Å². The molecule has 0 bridgehead atoms. The summed E-state index contributed by atoms with van der Waals surface area (Å²) in [5.74, 6) is 0.421. The van der Waals surface area contributed by atoms with Crippen LogP contribution < -0.4 is 0 Å². The van der Waals surface area contributed by atoms with Gasteiger partial charge in [0.05, 0.1) is 0 Å². The number of halogens is 1. The van der Waals surface area contributed by atoms with Crippen LogP contribution in [0.5, 0.6) is 17.2 Å². The highest BCUT2D eigenvalue weighted by Crippen LogP contribution is 2.42. The minimum absolute atomic E-state index is 0.0777. The van der Waals surface area contributed by atoms with Gasteiger partial charge in [-0.3, -0.25) is 0 Å². The number of fused-ring (bicyclic) bond motifs is 1. The first-order valence-electron chi connectivity index (χ1n) is 10.7. The van der Waals surface area contributed by atoms with Crippen molar-refractivity contribution in [3.63, 3.8) is 0 Å². The fourth-order valence-corrected chi connectivity index (χ4v) is 4.45. The van der Waals surface area contributed by atoms with Gasteiger partial charge in [0, 0.05) is 10.4 Å². The Bertz CT molecular complexity index is 1460. The summed E-state index contributed by atoms with van der Waals surface area (Å²) in [6, 6.07) is 23.1. The van der Waals surface area contributed by atoms with Gasteiger partial charge in [-0.1, -0.05) is 41.9 Å². The summed E-state index contributed by atoms with van der Waals surface area (Å²) in [4.78, 5) is 1.42. The quantitative estimate of drug-likeness (QED) is 0.286.